The van der Waals surface area contributed by atoms with Crippen molar-refractivity contribution in [1.29, 1.82) is 0 Å². The van der Waals surface area contributed by atoms with Crippen LogP contribution in [0.15, 0.2) is 36.5 Å². The second kappa shape index (κ2) is 6.21. The quantitative estimate of drug-likeness (QED) is 0.803. The number of anilines is 1. The molecule has 22 heavy (non-hydrogen) atoms. The van der Waals surface area contributed by atoms with Crippen molar-refractivity contribution in [3.8, 4) is 10.6 Å². The minimum Gasteiger partial charge on any atom is -0.375 e. The van der Waals surface area contributed by atoms with Crippen molar-refractivity contribution in [3.63, 3.8) is 0 Å². The van der Waals surface area contributed by atoms with Gasteiger partial charge < -0.3 is 10.1 Å². The van der Waals surface area contributed by atoms with E-state index in [1.54, 1.807) is 17.5 Å². The molecule has 0 spiro atoms. The summed E-state index contributed by atoms with van der Waals surface area (Å²) in [6.45, 7) is 2.00. The minimum absolute atomic E-state index is 0.0464. The van der Waals surface area contributed by atoms with E-state index in [2.05, 4.69) is 15.3 Å². The van der Waals surface area contributed by atoms with Gasteiger partial charge in [-0.2, -0.15) is 0 Å². The summed E-state index contributed by atoms with van der Waals surface area (Å²) >= 11 is 1.56. The molecule has 0 aliphatic heterocycles. The number of fused-ring (bicyclic) bond motifs is 1. The van der Waals surface area contributed by atoms with Crippen LogP contribution in [0.3, 0.4) is 0 Å². The average molecular weight is 313 g/mol. The van der Waals surface area contributed by atoms with E-state index in [9.17, 15) is 4.79 Å². The third-order valence-electron chi connectivity index (χ3n) is 3.19. The van der Waals surface area contributed by atoms with E-state index in [4.69, 9.17) is 4.74 Å². The summed E-state index contributed by atoms with van der Waals surface area (Å²) in [5.41, 5.74) is 3.68. The zero-order valence-corrected chi connectivity index (χ0v) is 13.1. The molecule has 0 unspecified atom stereocenters. The summed E-state index contributed by atoms with van der Waals surface area (Å²) in [5.74, 6) is -0.164. The predicted molar refractivity (Wildman–Crippen MR) is 88.1 cm³/mol. The van der Waals surface area contributed by atoms with Gasteiger partial charge in [0.25, 0.3) is 0 Å². The van der Waals surface area contributed by atoms with Crippen LogP contribution in [0, 0.1) is 6.92 Å². The number of rotatable bonds is 4. The lowest BCUT2D eigenvalue weighted by molar-refractivity contribution is -0.119. The summed E-state index contributed by atoms with van der Waals surface area (Å²) in [7, 11) is 1.50. The maximum absolute atomic E-state index is 11.6. The first-order chi connectivity index (χ1) is 10.7. The van der Waals surface area contributed by atoms with Gasteiger partial charge in [-0.3, -0.25) is 4.79 Å². The Balaban J connectivity index is 1.89. The van der Waals surface area contributed by atoms with Crippen molar-refractivity contribution in [1.82, 2.24) is 9.97 Å². The van der Waals surface area contributed by atoms with Crippen LogP contribution in [-0.2, 0) is 9.53 Å². The van der Waals surface area contributed by atoms with E-state index in [1.807, 2.05) is 37.3 Å². The molecule has 1 N–H and O–H groups in total. The molecular formula is C16H15N3O2S. The number of methoxy groups -OCH3 is 1. The molecule has 1 amide bonds. The molecular weight excluding hydrogens is 298 g/mol. The molecule has 5 nitrogen and oxygen atoms in total. The topological polar surface area (TPSA) is 64.1 Å². The van der Waals surface area contributed by atoms with Gasteiger partial charge in [-0.05, 0) is 42.8 Å². The Hall–Kier alpha value is -2.31. The van der Waals surface area contributed by atoms with Crippen molar-refractivity contribution >= 4 is 33.3 Å². The Morgan fingerprint density at radius 1 is 1.36 bits per heavy atom. The summed E-state index contributed by atoms with van der Waals surface area (Å²) in [6.07, 6.45) is 1.77. The molecule has 2 heterocycles. The van der Waals surface area contributed by atoms with Gasteiger partial charge in [-0.1, -0.05) is 11.3 Å². The van der Waals surface area contributed by atoms with Crippen LogP contribution in [0.25, 0.3) is 20.9 Å². The van der Waals surface area contributed by atoms with Gasteiger partial charge >= 0.3 is 0 Å². The van der Waals surface area contributed by atoms with Crippen LogP contribution in [0.5, 0.6) is 0 Å². The van der Waals surface area contributed by atoms with Crippen LogP contribution < -0.4 is 5.32 Å². The standard InChI is InChI=1S/C16H15N3O2S/c1-10-8-11(5-6-12(10)18-14(20)9-21-2)15-19-13-4-3-7-17-16(13)22-15/h3-8H,9H2,1-2H3,(H,18,20). The average Bonchev–Trinajstić information content (AvgIpc) is 2.93. The Morgan fingerprint density at radius 2 is 2.23 bits per heavy atom. The monoisotopic (exact) mass is 313 g/mol. The van der Waals surface area contributed by atoms with Crippen LogP contribution in [-0.4, -0.2) is 29.6 Å². The third kappa shape index (κ3) is 2.98. The zero-order valence-electron chi connectivity index (χ0n) is 12.3. The molecule has 0 aliphatic carbocycles. The fourth-order valence-corrected chi connectivity index (χ4v) is 3.05. The number of thiazole rings is 1. The van der Waals surface area contributed by atoms with E-state index in [-0.39, 0.29) is 12.5 Å². The number of hydrogen-bond acceptors (Lipinski definition) is 5. The third-order valence-corrected chi connectivity index (χ3v) is 4.22. The highest BCUT2D eigenvalue weighted by Gasteiger charge is 2.09. The smallest absolute Gasteiger partial charge is 0.250 e. The summed E-state index contributed by atoms with van der Waals surface area (Å²) in [6, 6.07) is 9.69. The molecule has 112 valence electrons. The van der Waals surface area contributed by atoms with Gasteiger partial charge in [0.1, 0.15) is 22.0 Å². The molecule has 3 rings (SSSR count). The highest BCUT2D eigenvalue weighted by molar-refractivity contribution is 7.21. The minimum atomic E-state index is -0.164. The molecule has 0 bridgehead atoms. The Kier molecular flexibility index (Phi) is 4.13. The number of nitrogens with one attached hydrogen (secondary N) is 1. The summed E-state index contributed by atoms with van der Waals surface area (Å²) in [4.78, 5) is 21.4. The van der Waals surface area contributed by atoms with Crippen LogP contribution in [0.4, 0.5) is 5.69 Å². The number of amides is 1. The van der Waals surface area contributed by atoms with Crippen molar-refractivity contribution in [2.75, 3.05) is 19.0 Å². The van der Waals surface area contributed by atoms with Crippen molar-refractivity contribution < 1.29 is 9.53 Å². The number of benzene rings is 1. The maximum Gasteiger partial charge on any atom is 0.250 e. The Bertz CT molecular complexity index is 796. The van der Waals surface area contributed by atoms with Crippen molar-refractivity contribution in [2.24, 2.45) is 0 Å². The van der Waals surface area contributed by atoms with Crippen LogP contribution in [0.2, 0.25) is 0 Å². The predicted octanol–water partition coefficient (Wildman–Crippen LogP) is 3.25. The normalized spacial score (nSPS) is 10.8. The summed E-state index contributed by atoms with van der Waals surface area (Å²) in [5, 5.41) is 3.75. The molecule has 3 aromatic rings. The Labute approximate surface area is 132 Å². The number of pyridine rings is 1. The van der Waals surface area contributed by atoms with E-state index >= 15 is 0 Å². The van der Waals surface area contributed by atoms with E-state index in [0.717, 1.165) is 32.2 Å². The number of ether oxygens (including phenoxy) is 1. The molecule has 0 saturated heterocycles. The molecule has 1 aromatic carbocycles. The first-order valence-corrected chi connectivity index (χ1v) is 7.60. The largest absolute Gasteiger partial charge is 0.375 e. The zero-order chi connectivity index (χ0) is 15.5. The number of carbonyl (C=O) groups excluding carboxylic acids is 1. The van der Waals surface area contributed by atoms with Crippen LogP contribution in [0.1, 0.15) is 5.56 Å². The second-order valence-corrected chi connectivity index (χ2v) is 5.84. The van der Waals surface area contributed by atoms with E-state index < -0.39 is 0 Å². The van der Waals surface area contributed by atoms with E-state index in [1.165, 1.54) is 7.11 Å². The molecule has 6 heteroatoms. The molecule has 0 aliphatic rings. The first kappa shape index (κ1) is 14.6. The molecule has 0 radical (unpaired) electrons. The van der Waals surface area contributed by atoms with Gasteiger partial charge in [-0.15, -0.1) is 0 Å². The van der Waals surface area contributed by atoms with E-state index in [0.29, 0.717) is 0 Å². The lowest BCUT2D eigenvalue weighted by Gasteiger charge is -2.09. The van der Waals surface area contributed by atoms with Crippen molar-refractivity contribution in [2.45, 2.75) is 6.92 Å². The molecule has 0 saturated carbocycles. The number of hydrogen-bond donors (Lipinski definition) is 1. The fourth-order valence-electron chi connectivity index (χ4n) is 2.15. The highest BCUT2D eigenvalue weighted by Crippen LogP contribution is 2.30. The highest BCUT2D eigenvalue weighted by atomic mass is 32.1. The van der Waals surface area contributed by atoms with Gasteiger partial charge in [0, 0.05) is 24.6 Å². The summed E-state index contributed by atoms with van der Waals surface area (Å²) < 4.78 is 4.82. The number of carbonyl (C=O) groups is 1. The Morgan fingerprint density at radius 3 is 2.95 bits per heavy atom. The number of aromatic nitrogens is 2. The first-order valence-electron chi connectivity index (χ1n) is 6.79. The van der Waals surface area contributed by atoms with Gasteiger partial charge in [0.15, 0.2) is 0 Å². The number of nitrogens with zero attached hydrogens (tertiary/aromatic N) is 2. The second-order valence-electron chi connectivity index (χ2n) is 4.86. The van der Waals surface area contributed by atoms with Gasteiger partial charge in [-0.25, -0.2) is 9.97 Å². The molecule has 2 aromatic heterocycles. The van der Waals surface area contributed by atoms with Crippen molar-refractivity contribution in [3.05, 3.63) is 42.1 Å². The van der Waals surface area contributed by atoms with Gasteiger partial charge in [0.05, 0.1) is 0 Å². The fraction of sp³-hybridized carbons (Fsp3) is 0.188. The van der Waals surface area contributed by atoms with Gasteiger partial charge in [0.2, 0.25) is 5.91 Å². The lowest BCUT2D eigenvalue weighted by atomic mass is 10.1. The molecule has 0 fully saturated rings. The lowest BCUT2D eigenvalue weighted by Crippen LogP contribution is -2.17. The molecule has 0 atom stereocenters. The maximum atomic E-state index is 11.6. The SMILES string of the molecule is COCC(=O)Nc1ccc(-c2nc3cccnc3s2)cc1C. The van der Waals surface area contributed by atoms with Crippen LogP contribution >= 0.6 is 11.3 Å². The number of aryl methyl sites for hydroxylation is 1.